The second-order valence-electron chi connectivity index (χ2n) is 5.95. The van der Waals surface area contributed by atoms with Gasteiger partial charge in [-0.15, -0.1) is 0 Å². The first-order valence-corrected chi connectivity index (χ1v) is 7.55. The fourth-order valence-electron chi connectivity index (χ4n) is 2.80. The first-order chi connectivity index (χ1) is 10.5. The number of aliphatic hydroxyl groups excluding tert-OH is 1. The van der Waals surface area contributed by atoms with Crippen molar-refractivity contribution in [1.82, 2.24) is 9.55 Å². The SMILES string of the molecule is Cc1cc(F)ccc1C(O)Cn1cnc(C2CCC2)cc1=O. The van der Waals surface area contributed by atoms with Crippen LogP contribution in [0.3, 0.4) is 0 Å². The summed E-state index contributed by atoms with van der Waals surface area (Å²) in [5.41, 5.74) is 1.98. The van der Waals surface area contributed by atoms with Gasteiger partial charge in [0, 0.05) is 12.0 Å². The molecule has 3 rings (SSSR count). The molecule has 5 heteroatoms. The smallest absolute Gasteiger partial charge is 0.253 e. The number of aliphatic hydroxyl groups is 1. The van der Waals surface area contributed by atoms with Crippen molar-refractivity contribution < 1.29 is 9.50 Å². The van der Waals surface area contributed by atoms with Gasteiger partial charge >= 0.3 is 0 Å². The van der Waals surface area contributed by atoms with Crippen LogP contribution in [-0.2, 0) is 6.54 Å². The Morgan fingerprint density at radius 1 is 1.41 bits per heavy atom. The van der Waals surface area contributed by atoms with Crippen LogP contribution in [0.5, 0.6) is 0 Å². The Labute approximate surface area is 128 Å². The van der Waals surface area contributed by atoms with E-state index in [9.17, 15) is 14.3 Å². The van der Waals surface area contributed by atoms with Crippen LogP contribution in [0.1, 0.15) is 48.1 Å². The summed E-state index contributed by atoms with van der Waals surface area (Å²) in [4.78, 5) is 16.5. The standard InChI is InChI=1S/C17H19FN2O2/c1-11-7-13(18)5-6-14(11)16(21)9-20-10-19-15(8-17(20)22)12-3-2-4-12/h5-8,10,12,16,21H,2-4,9H2,1H3. The Balaban J connectivity index is 1.78. The van der Waals surface area contributed by atoms with E-state index in [1.807, 2.05) is 0 Å². The Morgan fingerprint density at radius 2 is 2.18 bits per heavy atom. The molecule has 116 valence electrons. The molecule has 4 nitrogen and oxygen atoms in total. The third-order valence-corrected chi connectivity index (χ3v) is 4.38. The average Bonchev–Trinajstić information content (AvgIpc) is 2.39. The van der Waals surface area contributed by atoms with E-state index in [-0.39, 0.29) is 17.9 Å². The molecule has 0 bridgehead atoms. The van der Waals surface area contributed by atoms with Crippen LogP contribution < -0.4 is 5.56 Å². The maximum Gasteiger partial charge on any atom is 0.253 e. The Morgan fingerprint density at radius 3 is 2.77 bits per heavy atom. The summed E-state index contributed by atoms with van der Waals surface area (Å²) in [5, 5.41) is 10.3. The van der Waals surface area contributed by atoms with E-state index in [1.165, 1.54) is 29.4 Å². The van der Waals surface area contributed by atoms with E-state index >= 15 is 0 Å². The van der Waals surface area contributed by atoms with Crippen LogP contribution in [0.2, 0.25) is 0 Å². The number of rotatable bonds is 4. The molecule has 1 aliphatic carbocycles. The van der Waals surface area contributed by atoms with E-state index in [1.54, 1.807) is 19.1 Å². The van der Waals surface area contributed by atoms with Crippen LogP contribution in [0, 0.1) is 12.7 Å². The molecule has 2 aromatic rings. The fourth-order valence-corrected chi connectivity index (χ4v) is 2.80. The monoisotopic (exact) mass is 302 g/mol. The number of halogens is 1. The second-order valence-corrected chi connectivity index (χ2v) is 5.95. The van der Waals surface area contributed by atoms with Crippen molar-refractivity contribution >= 4 is 0 Å². The van der Waals surface area contributed by atoms with E-state index in [0.717, 1.165) is 18.5 Å². The summed E-state index contributed by atoms with van der Waals surface area (Å²) in [6.07, 6.45) is 4.01. The van der Waals surface area contributed by atoms with Crippen LogP contribution in [0.4, 0.5) is 4.39 Å². The number of aryl methyl sites for hydroxylation is 1. The predicted octanol–water partition coefficient (Wildman–Crippen LogP) is 2.69. The zero-order valence-electron chi connectivity index (χ0n) is 12.5. The second kappa shape index (κ2) is 6.01. The highest BCUT2D eigenvalue weighted by Crippen LogP contribution is 2.34. The van der Waals surface area contributed by atoms with Crippen molar-refractivity contribution in [2.75, 3.05) is 0 Å². The van der Waals surface area contributed by atoms with E-state index in [0.29, 0.717) is 17.0 Å². The molecule has 1 heterocycles. The summed E-state index contributed by atoms with van der Waals surface area (Å²) >= 11 is 0. The summed E-state index contributed by atoms with van der Waals surface area (Å²) in [6, 6.07) is 5.80. The average molecular weight is 302 g/mol. The van der Waals surface area contributed by atoms with Crippen LogP contribution in [0.25, 0.3) is 0 Å². The fraction of sp³-hybridized carbons (Fsp3) is 0.412. The quantitative estimate of drug-likeness (QED) is 0.944. The third kappa shape index (κ3) is 2.95. The van der Waals surface area contributed by atoms with Crippen molar-refractivity contribution in [3.8, 4) is 0 Å². The van der Waals surface area contributed by atoms with Crippen molar-refractivity contribution in [2.24, 2.45) is 0 Å². The molecule has 0 radical (unpaired) electrons. The minimum Gasteiger partial charge on any atom is -0.387 e. The lowest BCUT2D eigenvalue weighted by molar-refractivity contribution is 0.153. The molecule has 1 N–H and O–H groups in total. The van der Waals surface area contributed by atoms with Gasteiger partial charge in [0.25, 0.3) is 5.56 Å². The lowest BCUT2D eigenvalue weighted by Crippen LogP contribution is -2.25. The van der Waals surface area contributed by atoms with Gasteiger partial charge in [0.15, 0.2) is 0 Å². The van der Waals surface area contributed by atoms with E-state index in [4.69, 9.17) is 0 Å². The van der Waals surface area contributed by atoms with Gasteiger partial charge in [0.1, 0.15) is 5.82 Å². The summed E-state index contributed by atoms with van der Waals surface area (Å²) in [7, 11) is 0. The molecule has 1 saturated carbocycles. The normalized spacial score (nSPS) is 16.3. The lowest BCUT2D eigenvalue weighted by atomic mass is 9.83. The van der Waals surface area contributed by atoms with Gasteiger partial charge in [0.2, 0.25) is 0 Å². The van der Waals surface area contributed by atoms with Crippen LogP contribution in [-0.4, -0.2) is 14.7 Å². The molecule has 1 unspecified atom stereocenters. The largest absolute Gasteiger partial charge is 0.387 e. The molecule has 22 heavy (non-hydrogen) atoms. The van der Waals surface area contributed by atoms with Gasteiger partial charge in [0.05, 0.1) is 24.7 Å². The highest BCUT2D eigenvalue weighted by molar-refractivity contribution is 5.28. The molecule has 0 amide bonds. The minimum absolute atomic E-state index is 0.114. The Kier molecular flexibility index (Phi) is 4.07. The Hall–Kier alpha value is -2.01. The lowest BCUT2D eigenvalue weighted by Gasteiger charge is -2.24. The molecular weight excluding hydrogens is 283 g/mol. The van der Waals surface area contributed by atoms with Gasteiger partial charge in [-0.3, -0.25) is 9.36 Å². The molecule has 1 aromatic heterocycles. The molecule has 0 saturated heterocycles. The van der Waals surface area contributed by atoms with E-state index in [2.05, 4.69) is 4.98 Å². The van der Waals surface area contributed by atoms with Crippen LogP contribution >= 0.6 is 0 Å². The van der Waals surface area contributed by atoms with E-state index < -0.39 is 6.10 Å². The number of benzene rings is 1. The first-order valence-electron chi connectivity index (χ1n) is 7.55. The van der Waals surface area contributed by atoms with Gasteiger partial charge < -0.3 is 5.11 Å². The highest BCUT2D eigenvalue weighted by Gasteiger charge is 2.21. The first kappa shape index (κ1) is 14.9. The highest BCUT2D eigenvalue weighted by atomic mass is 19.1. The number of hydrogen-bond donors (Lipinski definition) is 1. The molecule has 1 fully saturated rings. The van der Waals surface area contributed by atoms with Gasteiger partial charge in [-0.1, -0.05) is 12.5 Å². The van der Waals surface area contributed by atoms with Crippen molar-refractivity contribution in [1.29, 1.82) is 0 Å². The molecule has 0 aliphatic heterocycles. The summed E-state index contributed by atoms with van der Waals surface area (Å²) in [5.74, 6) is 0.0729. The van der Waals surface area contributed by atoms with Crippen molar-refractivity contribution in [3.63, 3.8) is 0 Å². The molecule has 1 aliphatic rings. The van der Waals surface area contributed by atoms with Crippen molar-refractivity contribution in [2.45, 2.75) is 44.8 Å². The maximum absolute atomic E-state index is 13.1. The van der Waals surface area contributed by atoms with Gasteiger partial charge in [-0.05, 0) is 43.0 Å². The Bertz CT molecular complexity index is 738. The third-order valence-electron chi connectivity index (χ3n) is 4.38. The maximum atomic E-state index is 13.1. The topological polar surface area (TPSA) is 55.1 Å². The number of aromatic nitrogens is 2. The summed E-state index contributed by atoms with van der Waals surface area (Å²) < 4.78 is 14.5. The van der Waals surface area contributed by atoms with Gasteiger partial charge in [-0.2, -0.15) is 0 Å². The zero-order chi connectivity index (χ0) is 15.7. The van der Waals surface area contributed by atoms with Crippen molar-refractivity contribution in [3.05, 3.63) is 63.6 Å². The zero-order valence-corrected chi connectivity index (χ0v) is 12.5. The molecule has 1 aromatic carbocycles. The number of hydrogen-bond acceptors (Lipinski definition) is 3. The molecule has 1 atom stereocenters. The predicted molar refractivity (Wildman–Crippen MR) is 81.2 cm³/mol. The summed E-state index contributed by atoms with van der Waals surface area (Å²) in [6.45, 7) is 1.85. The van der Waals surface area contributed by atoms with Crippen LogP contribution in [0.15, 0.2) is 35.4 Å². The van der Waals surface area contributed by atoms with Gasteiger partial charge in [-0.25, -0.2) is 9.37 Å². The molecular formula is C17H19FN2O2. The minimum atomic E-state index is -0.866. The number of nitrogens with zero attached hydrogens (tertiary/aromatic N) is 2. The molecule has 0 spiro atoms.